The Morgan fingerprint density at radius 3 is 1.86 bits per heavy atom. The Morgan fingerprint density at radius 2 is 1.33 bits per heavy atom. The number of benzene rings is 4. The molecule has 4 aliphatic rings. The molecule has 0 saturated carbocycles. The highest BCUT2D eigenvalue weighted by atomic mass is 35.5. The average Bonchev–Trinajstić information content (AvgIpc) is 4.11. The molecule has 0 aliphatic carbocycles. The number of morpholine rings is 1. The molecule has 2 saturated heterocycles. The second kappa shape index (κ2) is 16.2. The summed E-state index contributed by atoms with van der Waals surface area (Å²) >= 11 is 12.5. The van der Waals surface area contributed by atoms with Gasteiger partial charge < -0.3 is 25.8 Å². The predicted molar refractivity (Wildman–Crippen MR) is 241 cm³/mol. The number of halogens is 2. The number of nitrogens with two attached hydrogens (primary N) is 1. The summed E-state index contributed by atoms with van der Waals surface area (Å²) in [7, 11) is -8.09. The lowest BCUT2D eigenvalue weighted by Gasteiger charge is -2.27. The summed E-state index contributed by atoms with van der Waals surface area (Å²) in [6.45, 7) is 3.66. The van der Waals surface area contributed by atoms with Crippen molar-refractivity contribution in [1.82, 2.24) is 14.9 Å². The SMILES string of the molecule is N#Cc1cc(N)c2c(c1)N(S(=O)(=O)c1cccc3c(=O)[nH]cc(Cl)c13)CC2.N#Cc1cc(NCCN2C[C@@H]3C[C@H]2CO3)c2c(c1)N(S(=O)(=O)c1cccc3c(=O)[nH]cc(Cl)c13)CC2. The predicted octanol–water partition coefficient (Wildman–Crippen LogP) is 5.08. The van der Waals surface area contributed by atoms with E-state index in [1.165, 1.54) is 63.5 Å². The van der Waals surface area contributed by atoms with E-state index in [2.05, 4.69) is 26.3 Å². The maximum atomic E-state index is 13.9. The Labute approximate surface area is 371 Å². The van der Waals surface area contributed by atoms with Crippen molar-refractivity contribution in [3.63, 3.8) is 0 Å². The second-order valence-electron chi connectivity index (χ2n) is 15.5. The van der Waals surface area contributed by atoms with Crippen LogP contribution in [-0.4, -0.2) is 83.2 Å². The number of nitrogens with one attached hydrogen (secondary N) is 3. The first-order valence-electron chi connectivity index (χ1n) is 19.9. The van der Waals surface area contributed by atoms with Gasteiger partial charge in [0.15, 0.2) is 0 Å². The number of nitrogens with zero attached hydrogens (tertiary/aromatic N) is 5. The highest BCUT2D eigenvalue weighted by Crippen LogP contribution is 2.42. The van der Waals surface area contributed by atoms with Gasteiger partial charge in [-0.1, -0.05) is 35.3 Å². The lowest BCUT2D eigenvalue weighted by molar-refractivity contribution is 0.0324. The molecule has 2 fully saturated rings. The van der Waals surface area contributed by atoms with Crippen LogP contribution in [0, 0.1) is 22.7 Å². The Balaban J connectivity index is 0.000000167. The highest BCUT2D eigenvalue weighted by Gasteiger charge is 2.39. The number of hydrogen-bond acceptors (Lipinski definition) is 12. The Hall–Kier alpha value is -6.12. The number of H-pyrrole nitrogens is 2. The number of fused-ring (bicyclic) bond motifs is 6. The number of aromatic nitrogens is 2. The minimum Gasteiger partial charge on any atom is -0.398 e. The second-order valence-corrected chi connectivity index (χ2v) is 20.0. The number of likely N-dealkylation sites (tertiary alicyclic amines) is 1. The fraction of sp³-hybridized carbons (Fsp3) is 0.256. The summed E-state index contributed by atoms with van der Waals surface area (Å²) in [5, 5.41) is 23.3. The van der Waals surface area contributed by atoms with Crippen molar-refractivity contribution in [3.05, 3.63) is 126 Å². The van der Waals surface area contributed by atoms with Crippen LogP contribution in [0.2, 0.25) is 10.0 Å². The van der Waals surface area contributed by atoms with Crippen LogP contribution >= 0.6 is 23.2 Å². The van der Waals surface area contributed by atoms with Gasteiger partial charge in [-0.05, 0) is 67.8 Å². The van der Waals surface area contributed by atoms with Crippen molar-refractivity contribution in [3.8, 4) is 12.1 Å². The molecule has 4 aliphatic heterocycles. The monoisotopic (exact) mass is 925 g/mol. The molecule has 10 rings (SSSR count). The minimum absolute atomic E-state index is 0.0351. The first-order chi connectivity index (χ1) is 30.2. The van der Waals surface area contributed by atoms with E-state index >= 15 is 0 Å². The van der Waals surface area contributed by atoms with Crippen LogP contribution in [-0.2, 0) is 37.6 Å². The van der Waals surface area contributed by atoms with Gasteiger partial charge in [-0.15, -0.1) is 0 Å². The molecule has 16 nitrogen and oxygen atoms in total. The van der Waals surface area contributed by atoms with Crippen LogP contribution in [0.15, 0.2) is 92.4 Å². The van der Waals surface area contributed by atoms with Crippen molar-refractivity contribution in [2.45, 2.75) is 41.2 Å². The van der Waals surface area contributed by atoms with E-state index in [4.69, 9.17) is 33.7 Å². The highest BCUT2D eigenvalue weighted by molar-refractivity contribution is 7.93. The summed E-state index contributed by atoms with van der Waals surface area (Å²) < 4.78 is 62.8. The first-order valence-corrected chi connectivity index (χ1v) is 23.5. The number of pyridine rings is 2. The molecule has 6 heterocycles. The normalized spacial score (nSPS) is 17.9. The molecular formula is C43H37Cl2N9O7S2. The summed E-state index contributed by atoms with van der Waals surface area (Å²) in [5.74, 6) is 0. The number of rotatable bonds is 8. The lowest BCUT2D eigenvalue weighted by atomic mass is 10.1. The molecule has 4 aromatic carbocycles. The number of sulfonamides is 2. The molecular weight excluding hydrogens is 890 g/mol. The third kappa shape index (κ3) is 7.32. The van der Waals surface area contributed by atoms with E-state index in [1.807, 2.05) is 6.07 Å². The molecule has 2 atom stereocenters. The van der Waals surface area contributed by atoms with Gasteiger partial charge in [0.25, 0.3) is 31.2 Å². The Bertz CT molecular complexity index is 3330. The average molecular weight is 927 g/mol. The van der Waals surface area contributed by atoms with Crippen LogP contribution in [0.4, 0.5) is 22.7 Å². The summed E-state index contributed by atoms with van der Waals surface area (Å²) in [5.41, 5.74) is 9.35. The third-order valence-corrected chi connectivity index (χ3v) is 16.3. The minimum atomic E-state index is -4.06. The quantitative estimate of drug-likeness (QED) is 0.146. The van der Waals surface area contributed by atoms with E-state index in [-0.39, 0.29) is 60.0 Å². The fourth-order valence-electron chi connectivity index (χ4n) is 9.01. The Kier molecular flexibility index (Phi) is 10.9. The number of aromatic amines is 2. The largest absolute Gasteiger partial charge is 0.398 e. The smallest absolute Gasteiger partial charge is 0.265 e. The van der Waals surface area contributed by atoms with Crippen molar-refractivity contribution in [2.75, 3.05) is 59.0 Å². The molecule has 6 aromatic rings. The molecule has 0 spiro atoms. The number of hydrogen-bond donors (Lipinski definition) is 4. The van der Waals surface area contributed by atoms with Crippen LogP contribution in [0.25, 0.3) is 21.5 Å². The molecule has 5 N–H and O–H groups in total. The maximum absolute atomic E-state index is 13.9. The van der Waals surface area contributed by atoms with Crippen molar-refractivity contribution >= 4 is 87.5 Å². The fourth-order valence-corrected chi connectivity index (χ4v) is 13.1. The molecule has 20 heteroatoms. The first kappa shape index (κ1) is 42.2. The summed E-state index contributed by atoms with van der Waals surface area (Å²) in [6.07, 6.45) is 4.93. The maximum Gasteiger partial charge on any atom is 0.265 e. The zero-order valence-corrected chi connectivity index (χ0v) is 36.3. The number of anilines is 4. The topological polar surface area (TPSA) is 239 Å². The lowest BCUT2D eigenvalue weighted by Crippen LogP contribution is -2.39. The molecule has 63 heavy (non-hydrogen) atoms. The standard InChI is InChI=1S/C25H24ClN5O4S.C18H13ClN4O3S/c26-20-12-29-25(32)19-2-1-3-23(24(19)20)36(33,34)31-6-4-18-21(8-15(11-27)9-22(18)31)28-5-7-30-13-17-10-16(30)14-35-17;19-13-9-22-18(24)12-2-1-3-16(17(12)13)27(25,26)23-5-4-11-14(21)6-10(8-20)7-15(11)23/h1-3,8-9,12,16-17,28H,4-7,10,13-14H2,(H,29,32);1-3,6-7,9H,4-5,21H2,(H,22,24)/t16-,17-;/m0./s1. The van der Waals surface area contributed by atoms with Crippen molar-refractivity contribution in [1.29, 1.82) is 10.5 Å². The number of nitrogen functional groups attached to an aromatic ring is 1. The van der Waals surface area contributed by atoms with Gasteiger partial charge in [0.2, 0.25) is 0 Å². The van der Waals surface area contributed by atoms with Crippen LogP contribution in [0.3, 0.4) is 0 Å². The third-order valence-electron chi connectivity index (χ3n) is 12.0. The number of nitriles is 2. The van der Waals surface area contributed by atoms with E-state index in [0.29, 0.717) is 59.7 Å². The zero-order chi connectivity index (χ0) is 44.4. The van der Waals surface area contributed by atoms with Gasteiger partial charge in [-0.25, -0.2) is 16.8 Å². The summed E-state index contributed by atoms with van der Waals surface area (Å²) in [6, 6.07) is 20.0. The van der Waals surface area contributed by atoms with Gasteiger partial charge >= 0.3 is 0 Å². The van der Waals surface area contributed by atoms with Gasteiger partial charge in [-0.3, -0.25) is 23.1 Å². The van der Waals surface area contributed by atoms with E-state index < -0.39 is 31.2 Å². The van der Waals surface area contributed by atoms with Crippen LogP contribution in [0.1, 0.15) is 28.7 Å². The van der Waals surface area contributed by atoms with Crippen molar-refractivity contribution < 1.29 is 21.6 Å². The molecule has 2 aromatic heterocycles. The van der Waals surface area contributed by atoms with E-state index in [0.717, 1.165) is 37.4 Å². The number of ether oxygens (including phenoxy) is 1. The van der Waals surface area contributed by atoms with Gasteiger partial charge in [0.05, 0.1) is 67.2 Å². The van der Waals surface area contributed by atoms with Gasteiger partial charge in [0, 0.05) is 95.2 Å². The van der Waals surface area contributed by atoms with Gasteiger partial charge in [0.1, 0.15) is 0 Å². The van der Waals surface area contributed by atoms with Gasteiger partial charge in [-0.2, -0.15) is 10.5 Å². The van der Waals surface area contributed by atoms with Crippen LogP contribution < -0.4 is 30.8 Å². The van der Waals surface area contributed by atoms with Crippen LogP contribution in [0.5, 0.6) is 0 Å². The molecule has 0 radical (unpaired) electrons. The van der Waals surface area contributed by atoms with Crippen molar-refractivity contribution in [2.24, 2.45) is 0 Å². The Morgan fingerprint density at radius 1 is 0.794 bits per heavy atom. The van der Waals surface area contributed by atoms with E-state index in [1.54, 1.807) is 18.2 Å². The van der Waals surface area contributed by atoms with E-state index in [9.17, 15) is 36.9 Å². The molecule has 322 valence electrons. The zero-order valence-electron chi connectivity index (χ0n) is 33.2. The summed E-state index contributed by atoms with van der Waals surface area (Å²) in [4.78, 5) is 31.7. The molecule has 2 bridgehead atoms. The molecule has 0 unspecified atom stereocenters. The molecule has 0 amide bonds.